The maximum Gasteiger partial charge on any atom is 0.152 e. The zero-order chi connectivity index (χ0) is 24.6. The minimum Gasteiger partial charge on any atom is -0.483 e. The van der Waals surface area contributed by atoms with E-state index in [0.29, 0.717) is 35.7 Å². The first kappa shape index (κ1) is 24.3. The molecule has 0 aliphatic carbocycles. The smallest absolute Gasteiger partial charge is 0.152 e. The Kier molecular flexibility index (Phi) is 6.91. The van der Waals surface area contributed by atoms with Crippen molar-refractivity contribution >= 4 is 55.5 Å². The number of anilines is 1. The van der Waals surface area contributed by atoms with E-state index in [4.69, 9.17) is 27.7 Å². The number of nitrogen functional groups attached to an aromatic ring is 1. The number of H-pyrrole nitrogens is 2. The Morgan fingerprint density at radius 3 is 2.83 bits per heavy atom. The third-order valence-electron chi connectivity index (χ3n) is 6.19. The van der Waals surface area contributed by atoms with E-state index in [1.807, 2.05) is 18.2 Å². The SMILES string of the molecule is Nc1cc(OC(CO)c2cc[nH]c(=S)c2)cc2cc(C3=NCC(CN4CCS(=O)(=O)CC4)S3)[nH]c12. The number of rotatable bonds is 7. The minimum atomic E-state index is -2.88. The van der Waals surface area contributed by atoms with Crippen LogP contribution in [-0.2, 0) is 9.84 Å². The van der Waals surface area contributed by atoms with Crippen molar-refractivity contribution in [2.45, 2.75) is 11.4 Å². The maximum absolute atomic E-state index is 11.7. The van der Waals surface area contributed by atoms with Crippen LogP contribution in [0, 0.1) is 4.64 Å². The highest BCUT2D eigenvalue weighted by molar-refractivity contribution is 8.15. The van der Waals surface area contributed by atoms with Gasteiger partial charge in [0.2, 0.25) is 0 Å². The van der Waals surface area contributed by atoms with Gasteiger partial charge in [-0.3, -0.25) is 4.99 Å². The van der Waals surface area contributed by atoms with E-state index in [1.54, 1.807) is 30.1 Å². The highest BCUT2D eigenvalue weighted by atomic mass is 32.2. The number of aliphatic hydroxyl groups excluding tert-OH is 1. The summed E-state index contributed by atoms with van der Waals surface area (Å²) in [5.41, 5.74) is 9.35. The molecule has 1 aromatic carbocycles. The van der Waals surface area contributed by atoms with Crippen LogP contribution in [-0.4, -0.2) is 83.0 Å². The van der Waals surface area contributed by atoms with Crippen molar-refractivity contribution in [2.24, 2.45) is 4.99 Å². The van der Waals surface area contributed by atoms with Gasteiger partial charge in [-0.05, 0) is 29.8 Å². The summed E-state index contributed by atoms with van der Waals surface area (Å²) in [5.74, 6) is 1.02. The summed E-state index contributed by atoms with van der Waals surface area (Å²) in [7, 11) is -2.88. The van der Waals surface area contributed by atoms with Gasteiger partial charge in [0.05, 0.1) is 41.6 Å². The fraction of sp³-hybridized carbons (Fsp3) is 0.391. The van der Waals surface area contributed by atoms with Crippen molar-refractivity contribution in [2.75, 3.05) is 50.0 Å². The summed E-state index contributed by atoms with van der Waals surface area (Å²) in [4.78, 5) is 13.2. The third-order valence-corrected chi connectivity index (χ3v) is 9.24. The molecule has 2 aliphatic heterocycles. The molecule has 9 nitrogen and oxygen atoms in total. The van der Waals surface area contributed by atoms with Crippen molar-refractivity contribution in [1.82, 2.24) is 14.9 Å². The van der Waals surface area contributed by atoms with E-state index < -0.39 is 15.9 Å². The van der Waals surface area contributed by atoms with Gasteiger partial charge >= 0.3 is 0 Å². The minimum absolute atomic E-state index is 0.201. The Labute approximate surface area is 212 Å². The second-order valence-electron chi connectivity index (χ2n) is 8.77. The molecule has 35 heavy (non-hydrogen) atoms. The van der Waals surface area contributed by atoms with E-state index >= 15 is 0 Å². The van der Waals surface area contributed by atoms with Crippen molar-refractivity contribution in [3.05, 3.63) is 52.4 Å². The number of fused-ring (bicyclic) bond motifs is 1. The van der Waals surface area contributed by atoms with Crippen LogP contribution in [0.1, 0.15) is 17.4 Å². The zero-order valence-corrected chi connectivity index (χ0v) is 21.4. The molecule has 2 aromatic heterocycles. The number of thioether (sulfide) groups is 1. The molecule has 1 saturated heterocycles. The normalized spacial score (nSPS) is 21.2. The van der Waals surface area contributed by atoms with E-state index in [1.165, 1.54) is 0 Å². The molecule has 3 aromatic rings. The van der Waals surface area contributed by atoms with Gasteiger partial charge in [-0.15, -0.1) is 0 Å². The van der Waals surface area contributed by atoms with Crippen LogP contribution in [0.15, 0.2) is 41.5 Å². The maximum atomic E-state index is 11.7. The van der Waals surface area contributed by atoms with Gasteiger partial charge in [0.15, 0.2) is 9.84 Å². The number of aliphatic imine (C=N–C) groups is 1. The lowest BCUT2D eigenvalue weighted by Gasteiger charge is -2.28. The van der Waals surface area contributed by atoms with Gasteiger partial charge in [-0.25, -0.2) is 8.42 Å². The molecule has 0 bridgehead atoms. The molecule has 0 amide bonds. The molecule has 5 N–H and O–H groups in total. The molecule has 1 fully saturated rings. The monoisotopic (exact) mass is 533 g/mol. The first-order valence-electron chi connectivity index (χ1n) is 11.3. The van der Waals surface area contributed by atoms with Crippen LogP contribution >= 0.6 is 24.0 Å². The topological polar surface area (TPSA) is 137 Å². The van der Waals surface area contributed by atoms with Gasteiger partial charge in [0.25, 0.3) is 0 Å². The fourth-order valence-corrected chi connectivity index (χ4v) is 6.96. The summed E-state index contributed by atoms with van der Waals surface area (Å²) in [6.07, 6.45) is 1.15. The molecule has 2 aliphatic rings. The predicted octanol–water partition coefficient (Wildman–Crippen LogP) is 2.51. The number of aliphatic hydroxyl groups is 1. The molecule has 4 heterocycles. The van der Waals surface area contributed by atoms with Crippen molar-refractivity contribution in [1.29, 1.82) is 0 Å². The molecule has 0 spiro atoms. The number of aromatic nitrogens is 2. The summed E-state index contributed by atoms with van der Waals surface area (Å²) >= 11 is 6.88. The van der Waals surface area contributed by atoms with Crippen LogP contribution in [0.3, 0.4) is 0 Å². The third kappa shape index (κ3) is 5.56. The molecule has 2 atom stereocenters. The van der Waals surface area contributed by atoms with Crippen molar-refractivity contribution in [3.8, 4) is 5.75 Å². The second-order valence-corrected chi connectivity index (χ2v) is 12.8. The van der Waals surface area contributed by atoms with Crippen LogP contribution in [0.4, 0.5) is 5.69 Å². The number of nitrogens with zero attached hydrogens (tertiary/aromatic N) is 2. The van der Waals surface area contributed by atoms with Crippen LogP contribution in [0.5, 0.6) is 5.75 Å². The zero-order valence-electron chi connectivity index (χ0n) is 18.9. The van der Waals surface area contributed by atoms with Crippen molar-refractivity contribution in [3.63, 3.8) is 0 Å². The average Bonchev–Trinajstić information content (AvgIpc) is 3.46. The highest BCUT2D eigenvalue weighted by Crippen LogP contribution is 2.33. The number of hydrogen-bond acceptors (Lipinski definition) is 9. The number of pyridine rings is 1. The van der Waals surface area contributed by atoms with E-state index in [-0.39, 0.29) is 23.4 Å². The first-order chi connectivity index (χ1) is 16.8. The van der Waals surface area contributed by atoms with E-state index in [2.05, 4.69) is 14.9 Å². The van der Waals surface area contributed by atoms with Crippen molar-refractivity contribution < 1.29 is 18.3 Å². The van der Waals surface area contributed by atoms with E-state index in [9.17, 15) is 13.5 Å². The summed E-state index contributed by atoms with van der Waals surface area (Å²) < 4.78 is 30.0. The molecule has 0 radical (unpaired) electrons. The highest BCUT2D eigenvalue weighted by Gasteiger charge is 2.28. The Hall–Kier alpha value is -2.38. The number of ether oxygens (including phenoxy) is 1. The molecule has 0 saturated carbocycles. The van der Waals surface area contributed by atoms with Gasteiger partial charge in [0.1, 0.15) is 21.5 Å². The largest absolute Gasteiger partial charge is 0.483 e. The predicted molar refractivity (Wildman–Crippen MR) is 143 cm³/mol. The molecule has 186 valence electrons. The molecular formula is C23H27N5O4S3. The molecule has 12 heteroatoms. The summed E-state index contributed by atoms with van der Waals surface area (Å²) in [6, 6.07) is 9.23. The number of aromatic amines is 2. The van der Waals surface area contributed by atoms with Gasteiger partial charge < -0.3 is 30.4 Å². The Morgan fingerprint density at radius 1 is 1.29 bits per heavy atom. The Bertz CT molecular complexity index is 1420. The van der Waals surface area contributed by atoms with Gasteiger partial charge in [-0.1, -0.05) is 24.0 Å². The fourth-order valence-electron chi connectivity index (χ4n) is 4.34. The number of hydrogen-bond donors (Lipinski definition) is 4. The van der Waals surface area contributed by atoms with E-state index in [0.717, 1.165) is 33.7 Å². The quantitative estimate of drug-likeness (QED) is 0.269. The average molecular weight is 534 g/mol. The number of sulfone groups is 1. The lowest BCUT2D eigenvalue weighted by atomic mass is 10.1. The Balaban J connectivity index is 1.28. The first-order valence-corrected chi connectivity index (χ1v) is 14.4. The van der Waals surface area contributed by atoms with Gasteiger partial charge in [0, 0.05) is 42.5 Å². The molecular weight excluding hydrogens is 506 g/mol. The van der Waals surface area contributed by atoms with Crippen LogP contribution < -0.4 is 10.5 Å². The summed E-state index contributed by atoms with van der Waals surface area (Å²) in [5, 5.41) is 12.0. The molecule has 5 rings (SSSR count). The number of benzene rings is 1. The Morgan fingerprint density at radius 2 is 2.09 bits per heavy atom. The summed E-state index contributed by atoms with van der Waals surface area (Å²) in [6.45, 7) is 2.49. The lowest BCUT2D eigenvalue weighted by Crippen LogP contribution is -2.43. The standard InChI is InChI=1S/C23H27N5O4S3/c24-18-10-16(32-20(13-29)14-1-2-25-21(33)9-14)7-15-8-19(27-22(15)18)23-26-11-17(34-23)12-28-3-5-35(30,31)6-4-28/h1-2,7-10,17,20,27,29H,3-6,11-13,24H2,(H,25,33). The lowest BCUT2D eigenvalue weighted by molar-refractivity contribution is 0.116. The molecule has 2 unspecified atom stereocenters. The van der Waals surface area contributed by atoms with Crippen LogP contribution in [0.2, 0.25) is 0 Å². The second kappa shape index (κ2) is 9.94. The number of nitrogens with one attached hydrogen (secondary N) is 2. The number of nitrogens with two attached hydrogens (primary N) is 1. The van der Waals surface area contributed by atoms with Crippen LogP contribution in [0.25, 0.3) is 10.9 Å². The van der Waals surface area contributed by atoms with Gasteiger partial charge in [-0.2, -0.15) is 0 Å².